The molecular weight excluding hydrogens is 186 g/mol. The van der Waals surface area contributed by atoms with Crippen molar-refractivity contribution in [1.82, 2.24) is 5.32 Å². The Morgan fingerprint density at radius 2 is 2.15 bits per heavy atom. The van der Waals surface area contributed by atoms with Crippen molar-refractivity contribution < 1.29 is 5.11 Å². The predicted molar refractivity (Wildman–Crippen MR) is 53.0 cm³/mol. The van der Waals surface area contributed by atoms with E-state index in [1.54, 1.807) is 0 Å². The van der Waals surface area contributed by atoms with Crippen LogP contribution in [-0.4, -0.2) is 18.2 Å². The highest BCUT2D eigenvalue weighted by molar-refractivity contribution is 6.32. The number of halogens is 1. The Bertz CT molecular complexity index is 334. The van der Waals surface area contributed by atoms with Gasteiger partial charge in [-0.05, 0) is 12.5 Å². The molecule has 0 spiro atoms. The highest BCUT2D eigenvalue weighted by Crippen LogP contribution is 2.32. The molecule has 2 rings (SSSR count). The van der Waals surface area contributed by atoms with Crippen LogP contribution in [0.4, 0.5) is 0 Å². The Hall–Kier alpha value is -0.570. The molecule has 0 saturated carbocycles. The lowest BCUT2D eigenvalue weighted by atomic mass is 9.87. The van der Waals surface area contributed by atoms with E-state index < -0.39 is 5.60 Å². The zero-order valence-electron chi connectivity index (χ0n) is 7.47. The van der Waals surface area contributed by atoms with Gasteiger partial charge in [0.25, 0.3) is 0 Å². The minimum absolute atomic E-state index is 0.593. The Morgan fingerprint density at radius 1 is 1.46 bits per heavy atom. The standard InChI is InChI=1S/C10H12ClNO/c1-7-3-2-4-8(9(7)11)10(13)5-12-6-10/h2-4,12-13H,5-6H2,1H3. The molecule has 1 aliphatic rings. The average molecular weight is 198 g/mol. The molecule has 13 heavy (non-hydrogen) atoms. The minimum Gasteiger partial charge on any atom is -0.382 e. The summed E-state index contributed by atoms with van der Waals surface area (Å²) in [6, 6.07) is 5.75. The first-order valence-corrected chi connectivity index (χ1v) is 4.70. The van der Waals surface area contributed by atoms with Gasteiger partial charge in [-0.2, -0.15) is 0 Å². The molecule has 0 aromatic heterocycles. The lowest BCUT2D eigenvalue weighted by molar-refractivity contribution is -0.0146. The monoisotopic (exact) mass is 197 g/mol. The third-order valence-electron chi connectivity index (χ3n) is 2.53. The van der Waals surface area contributed by atoms with E-state index in [1.165, 1.54) is 0 Å². The van der Waals surface area contributed by atoms with Gasteiger partial charge in [-0.25, -0.2) is 0 Å². The van der Waals surface area contributed by atoms with Gasteiger partial charge in [0.15, 0.2) is 0 Å². The average Bonchev–Trinajstić information content (AvgIpc) is 2.06. The summed E-state index contributed by atoms with van der Waals surface area (Å²) in [5.74, 6) is 0. The maximum atomic E-state index is 10.0. The molecule has 1 saturated heterocycles. The molecule has 2 N–H and O–H groups in total. The van der Waals surface area contributed by atoms with E-state index in [-0.39, 0.29) is 0 Å². The van der Waals surface area contributed by atoms with Crippen molar-refractivity contribution in [2.24, 2.45) is 0 Å². The highest BCUT2D eigenvalue weighted by atomic mass is 35.5. The van der Waals surface area contributed by atoms with Gasteiger partial charge in [0.2, 0.25) is 0 Å². The molecule has 0 radical (unpaired) electrons. The molecule has 0 unspecified atom stereocenters. The van der Waals surface area contributed by atoms with Crippen molar-refractivity contribution in [3.63, 3.8) is 0 Å². The van der Waals surface area contributed by atoms with E-state index in [2.05, 4.69) is 5.32 Å². The van der Waals surface area contributed by atoms with E-state index in [9.17, 15) is 5.11 Å². The SMILES string of the molecule is Cc1cccc(C2(O)CNC2)c1Cl. The second-order valence-electron chi connectivity index (χ2n) is 3.57. The Morgan fingerprint density at radius 3 is 2.69 bits per heavy atom. The second-order valence-corrected chi connectivity index (χ2v) is 3.95. The topological polar surface area (TPSA) is 32.3 Å². The van der Waals surface area contributed by atoms with E-state index >= 15 is 0 Å². The fourth-order valence-corrected chi connectivity index (χ4v) is 1.86. The van der Waals surface area contributed by atoms with Gasteiger partial charge in [-0.15, -0.1) is 0 Å². The molecule has 1 heterocycles. The quantitative estimate of drug-likeness (QED) is 0.714. The first-order valence-electron chi connectivity index (χ1n) is 4.32. The molecule has 70 valence electrons. The van der Waals surface area contributed by atoms with Crippen molar-refractivity contribution in [3.05, 3.63) is 34.3 Å². The molecular formula is C10H12ClNO. The fraction of sp³-hybridized carbons (Fsp3) is 0.400. The summed E-state index contributed by atoms with van der Waals surface area (Å²) in [6.07, 6.45) is 0. The maximum absolute atomic E-state index is 10.0. The van der Waals surface area contributed by atoms with Crippen LogP contribution in [-0.2, 0) is 5.60 Å². The predicted octanol–water partition coefficient (Wildman–Crippen LogP) is 1.44. The number of rotatable bonds is 1. The van der Waals surface area contributed by atoms with Gasteiger partial charge in [-0.3, -0.25) is 0 Å². The lowest BCUT2D eigenvalue weighted by Crippen LogP contribution is -2.56. The largest absolute Gasteiger partial charge is 0.382 e. The number of benzene rings is 1. The molecule has 1 aromatic carbocycles. The lowest BCUT2D eigenvalue weighted by Gasteiger charge is -2.38. The summed E-state index contributed by atoms with van der Waals surface area (Å²) in [6.45, 7) is 3.13. The smallest absolute Gasteiger partial charge is 0.116 e. The van der Waals surface area contributed by atoms with Crippen LogP contribution in [0.25, 0.3) is 0 Å². The van der Waals surface area contributed by atoms with Crippen LogP contribution < -0.4 is 5.32 Å². The Kier molecular flexibility index (Phi) is 2.06. The van der Waals surface area contributed by atoms with E-state index in [0.717, 1.165) is 11.1 Å². The van der Waals surface area contributed by atoms with Crippen molar-refractivity contribution in [2.45, 2.75) is 12.5 Å². The van der Waals surface area contributed by atoms with Crippen LogP contribution in [0.2, 0.25) is 5.02 Å². The molecule has 2 nitrogen and oxygen atoms in total. The number of β-amino-alcohol motifs (C(OH)–C–C–N with tert-alkyl or cyclic N) is 1. The molecule has 1 fully saturated rings. The zero-order chi connectivity index (χ0) is 9.47. The molecule has 0 atom stereocenters. The molecule has 0 amide bonds. The number of hydrogen-bond acceptors (Lipinski definition) is 2. The highest BCUT2D eigenvalue weighted by Gasteiger charge is 2.37. The summed E-state index contributed by atoms with van der Waals surface area (Å²) >= 11 is 6.10. The molecule has 1 aromatic rings. The summed E-state index contributed by atoms with van der Waals surface area (Å²) in [7, 11) is 0. The summed E-state index contributed by atoms with van der Waals surface area (Å²) in [5.41, 5.74) is 1.11. The zero-order valence-corrected chi connectivity index (χ0v) is 8.23. The van der Waals surface area contributed by atoms with Crippen molar-refractivity contribution in [3.8, 4) is 0 Å². The molecule has 0 aliphatic carbocycles. The van der Waals surface area contributed by atoms with Gasteiger partial charge in [0, 0.05) is 23.7 Å². The van der Waals surface area contributed by atoms with Gasteiger partial charge in [-0.1, -0.05) is 29.8 Å². The first-order chi connectivity index (χ1) is 6.13. The number of nitrogens with one attached hydrogen (secondary N) is 1. The van der Waals surface area contributed by atoms with E-state index in [0.29, 0.717) is 18.1 Å². The van der Waals surface area contributed by atoms with Crippen molar-refractivity contribution in [1.29, 1.82) is 0 Å². The first kappa shape index (κ1) is 9.00. The van der Waals surface area contributed by atoms with Crippen LogP contribution in [0.1, 0.15) is 11.1 Å². The Balaban J connectivity index is 2.45. The summed E-state index contributed by atoms with van der Waals surface area (Å²) in [5, 5.41) is 13.8. The molecule has 0 bridgehead atoms. The van der Waals surface area contributed by atoms with Gasteiger partial charge < -0.3 is 10.4 Å². The fourth-order valence-electron chi connectivity index (χ4n) is 1.56. The third-order valence-corrected chi connectivity index (χ3v) is 3.03. The summed E-state index contributed by atoms with van der Waals surface area (Å²) < 4.78 is 0. The minimum atomic E-state index is -0.747. The maximum Gasteiger partial charge on any atom is 0.116 e. The van der Waals surface area contributed by atoms with Gasteiger partial charge in [0.1, 0.15) is 5.60 Å². The second kappa shape index (κ2) is 2.98. The third kappa shape index (κ3) is 1.35. The Labute approximate surface area is 82.5 Å². The molecule has 3 heteroatoms. The number of aryl methyl sites for hydroxylation is 1. The van der Waals surface area contributed by atoms with Crippen LogP contribution in [0, 0.1) is 6.92 Å². The van der Waals surface area contributed by atoms with Crippen LogP contribution >= 0.6 is 11.6 Å². The van der Waals surface area contributed by atoms with E-state index in [4.69, 9.17) is 11.6 Å². The summed E-state index contributed by atoms with van der Waals surface area (Å²) in [4.78, 5) is 0. The van der Waals surface area contributed by atoms with Crippen molar-refractivity contribution >= 4 is 11.6 Å². The normalized spacial score (nSPS) is 19.6. The molecule has 1 aliphatic heterocycles. The number of hydrogen-bond donors (Lipinski definition) is 2. The number of aliphatic hydroxyl groups is 1. The van der Waals surface area contributed by atoms with Gasteiger partial charge >= 0.3 is 0 Å². The van der Waals surface area contributed by atoms with Crippen molar-refractivity contribution in [2.75, 3.05) is 13.1 Å². The van der Waals surface area contributed by atoms with Crippen LogP contribution in [0.3, 0.4) is 0 Å². The van der Waals surface area contributed by atoms with Crippen LogP contribution in [0.5, 0.6) is 0 Å². The van der Waals surface area contributed by atoms with Crippen LogP contribution in [0.15, 0.2) is 18.2 Å². The van der Waals surface area contributed by atoms with Gasteiger partial charge in [0.05, 0.1) is 0 Å². The van der Waals surface area contributed by atoms with E-state index in [1.807, 2.05) is 25.1 Å².